The van der Waals surface area contributed by atoms with E-state index in [2.05, 4.69) is 15.6 Å². The van der Waals surface area contributed by atoms with Crippen molar-refractivity contribution in [2.45, 2.75) is 0 Å². The molecule has 0 saturated carbocycles. The van der Waals surface area contributed by atoms with E-state index in [4.69, 9.17) is 40.1 Å². The lowest BCUT2D eigenvalue weighted by molar-refractivity contribution is 0.102. The second kappa shape index (κ2) is 8.93. The highest BCUT2D eigenvalue weighted by molar-refractivity contribution is 6.38. The predicted molar refractivity (Wildman–Crippen MR) is 113 cm³/mol. The zero-order valence-electron chi connectivity index (χ0n) is 14.5. The average molecular weight is 446 g/mol. The monoisotopic (exact) mass is 444 g/mol. The van der Waals surface area contributed by atoms with Crippen LogP contribution in [0.5, 0.6) is 0 Å². The summed E-state index contributed by atoms with van der Waals surface area (Å²) in [6.07, 6.45) is 1.38. The summed E-state index contributed by atoms with van der Waals surface area (Å²) in [6.45, 7) is 0. The second-order valence-corrected chi connectivity index (χ2v) is 7.05. The number of halogens is 3. The van der Waals surface area contributed by atoms with Gasteiger partial charge in [-0.3, -0.25) is 9.59 Å². The topological polar surface area (TPSA) is 94.9 Å². The number of nitrogens with one attached hydrogen (secondary N) is 2. The van der Waals surface area contributed by atoms with Crippen LogP contribution in [0.2, 0.25) is 15.1 Å². The zero-order valence-corrected chi connectivity index (χ0v) is 16.8. The summed E-state index contributed by atoms with van der Waals surface area (Å²) in [6, 6.07) is 13.9. The van der Waals surface area contributed by atoms with Crippen molar-refractivity contribution in [2.75, 3.05) is 10.6 Å². The van der Waals surface area contributed by atoms with Crippen molar-refractivity contribution in [3.63, 3.8) is 0 Å². The van der Waals surface area contributed by atoms with E-state index in [9.17, 15) is 9.59 Å². The van der Waals surface area contributed by atoms with Gasteiger partial charge in [-0.15, -0.1) is 0 Å². The largest absolute Gasteiger partial charge is 0.320 e. The summed E-state index contributed by atoms with van der Waals surface area (Å²) in [7, 11) is 0. The Morgan fingerprint density at radius 2 is 1.62 bits per heavy atom. The Hall–Kier alpha value is -3.11. The summed E-state index contributed by atoms with van der Waals surface area (Å²) in [4.78, 5) is 29.3. The fourth-order valence-electron chi connectivity index (χ4n) is 2.39. The second-order valence-electron chi connectivity index (χ2n) is 5.77. The van der Waals surface area contributed by atoms with Crippen LogP contribution in [0, 0.1) is 11.3 Å². The maximum Gasteiger partial charge on any atom is 0.259 e. The normalized spacial score (nSPS) is 10.1. The molecular weight excluding hydrogens is 435 g/mol. The molecular formula is C20H11Cl3N4O2. The highest BCUT2D eigenvalue weighted by atomic mass is 35.5. The van der Waals surface area contributed by atoms with E-state index in [1.165, 1.54) is 48.7 Å². The molecule has 9 heteroatoms. The molecule has 1 aromatic heterocycles. The molecule has 0 bridgehead atoms. The minimum absolute atomic E-state index is 0.0567. The Labute approximate surface area is 181 Å². The summed E-state index contributed by atoms with van der Waals surface area (Å²) in [5, 5.41) is 14.8. The van der Waals surface area contributed by atoms with E-state index in [1.54, 1.807) is 6.07 Å². The number of amides is 2. The Balaban J connectivity index is 1.89. The van der Waals surface area contributed by atoms with Gasteiger partial charge in [0.1, 0.15) is 5.82 Å². The van der Waals surface area contributed by atoms with Crippen LogP contribution in [0.1, 0.15) is 26.3 Å². The molecule has 2 aromatic carbocycles. The van der Waals surface area contributed by atoms with Gasteiger partial charge < -0.3 is 10.6 Å². The molecule has 0 spiro atoms. The van der Waals surface area contributed by atoms with Crippen molar-refractivity contribution in [1.82, 2.24) is 4.98 Å². The van der Waals surface area contributed by atoms with Crippen LogP contribution in [0.3, 0.4) is 0 Å². The van der Waals surface area contributed by atoms with E-state index < -0.39 is 11.8 Å². The van der Waals surface area contributed by atoms with Crippen molar-refractivity contribution in [3.8, 4) is 6.07 Å². The lowest BCUT2D eigenvalue weighted by atomic mass is 10.1. The summed E-state index contributed by atoms with van der Waals surface area (Å²) >= 11 is 18.1. The Bertz CT molecular complexity index is 1120. The number of nitriles is 1. The van der Waals surface area contributed by atoms with Crippen LogP contribution >= 0.6 is 34.8 Å². The van der Waals surface area contributed by atoms with Gasteiger partial charge in [0.05, 0.1) is 32.9 Å². The first kappa shape index (κ1) is 20.6. The third-order valence-corrected chi connectivity index (χ3v) is 4.52. The Morgan fingerprint density at radius 3 is 2.24 bits per heavy atom. The fraction of sp³-hybridized carbons (Fsp3) is 0. The molecule has 0 fully saturated rings. The summed E-state index contributed by atoms with van der Waals surface area (Å²) in [5.74, 6) is -0.809. The molecule has 3 aromatic rings. The smallest absolute Gasteiger partial charge is 0.259 e. The lowest BCUT2D eigenvalue weighted by Crippen LogP contribution is -2.19. The number of aromatic nitrogens is 1. The van der Waals surface area contributed by atoms with Crippen LogP contribution in [-0.2, 0) is 0 Å². The van der Waals surface area contributed by atoms with Crippen LogP contribution in [0.15, 0.2) is 54.7 Å². The predicted octanol–water partition coefficient (Wildman–Crippen LogP) is 5.42. The standard InChI is InChI=1S/C20H11Cl3N4O2/c21-13-5-6-17(25-10-13)26-20(29)15-7-14(22)8-16(23)18(15)27-19(28)12-3-1-11(9-24)2-4-12/h1-8,10H,(H,27,28)(H,25,26,29). The average Bonchev–Trinajstić information content (AvgIpc) is 2.71. The van der Waals surface area contributed by atoms with Crippen LogP contribution in [0.25, 0.3) is 0 Å². The Kier molecular flexibility index (Phi) is 6.35. The van der Waals surface area contributed by atoms with E-state index >= 15 is 0 Å². The maximum absolute atomic E-state index is 12.7. The molecule has 3 rings (SSSR count). The number of nitrogens with zero attached hydrogens (tertiary/aromatic N) is 2. The highest BCUT2D eigenvalue weighted by Crippen LogP contribution is 2.31. The quantitative estimate of drug-likeness (QED) is 0.560. The minimum atomic E-state index is -0.570. The van der Waals surface area contributed by atoms with Crippen molar-refractivity contribution in [1.29, 1.82) is 5.26 Å². The first-order chi connectivity index (χ1) is 13.9. The van der Waals surface area contributed by atoms with Gasteiger partial charge >= 0.3 is 0 Å². The van der Waals surface area contributed by atoms with E-state index in [-0.39, 0.29) is 27.1 Å². The van der Waals surface area contributed by atoms with Crippen molar-refractivity contribution in [3.05, 3.63) is 86.5 Å². The fourth-order valence-corrected chi connectivity index (χ4v) is 3.05. The SMILES string of the molecule is N#Cc1ccc(C(=O)Nc2c(Cl)cc(Cl)cc2C(=O)Nc2ccc(Cl)cn2)cc1. The molecule has 1 heterocycles. The van der Waals surface area contributed by atoms with Gasteiger partial charge in [0.15, 0.2) is 0 Å². The molecule has 29 heavy (non-hydrogen) atoms. The van der Waals surface area contributed by atoms with E-state index in [0.29, 0.717) is 16.1 Å². The minimum Gasteiger partial charge on any atom is -0.320 e. The van der Waals surface area contributed by atoms with Gasteiger partial charge in [-0.25, -0.2) is 4.98 Å². The molecule has 6 nitrogen and oxygen atoms in total. The third-order valence-electron chi connectivity index (χ3n) is 3.78. The molecule has 0 radical (unpaired) electrons. The van der Waals surface area contributed by atoms with Crippen molar-refractivity contribution >= 4 is 58.1 Å². The van der Waals surface area contributed by atoms with Gasteiger partial charge in [0.25, 0.3) is 11.8 Å². The zero-order chi connectivity index (χ0) is 21.0. The lowest BCUT2D eigenvalue weighted by Gasteiger charge is -2.14. The first-order valence-electron chi connectivity index (χ1n) is 8.11. The van der Waals surface area contributed by atoms with Crippen LogP contribution in [0.4, 0.5) is 11.5 Å². The molecule has 0 aliphatic heterocycles. The van der Waals surface area contributed by atoms with Gasteiger partial charge in [-0.05, 0) is 48.5 Å². The van der Waals surface area contributed by atoms with Gasteiger partial charge in [0.2, 0.25) is 0 Å². The van der Waals surface area contributed by atoms with E-state index in [0.717, 1.165) is 0 Å². The number of hydrogen-bond donors (Lipinski definition) is 2. The molecule has 0 atom stereocenters. The number of benzene rings is 2. The molecule has 0 aliphatic rings. The maximum atomic E-state index is 12.7. The van der Waals surface area contributed by atoms with Gasteiger partial charge in [-0.2, -0.15) is 5.26 Å². The summed E-state index contributed by atoms with van der Waals surface area (Å²) < 4.78 is 0. The molecule has 0 unspecified atom stereocenters. The third kappa shape index (κ3) is 5.04. The van der Waals surface area contributed by atoms with Crippen LogP contribution < -0.4 is 10.6 Å². The molecule has 0 saturated heterocycles. The molecule has 144 valence electrons. The van der Waals surface area contributed by atoms with Gasteiger partial charge in [0, 0.05) is 16.8 Å². The van der Waals surface area contributed by atoms with Crippen LogP contribution in [-0.4, -0.2) is 16.8 Å². The highest BCUT2D eigenvalue weighted by Gasteiger charge is 2.19. The number of rotatable bonds is 4. The molecule has 2 N–H and O–H groups in total. The molecule has 0 aliphatic carbocycles. The first-order valence-corrected chi connectivity index (χ1v) is 9.24. The van der Waals surface area contributed by atoms with Crippen molar-refractivity contribution in [2.24, 2.45) is 0 Å². The number of pyridine rings is 1. The Morgan fingerprint density at radius 1 is 0.897 bits per heavy atom. The van der Waals surface area contributed by atoms with Gasteiger partial charge in [-0.1, -0.05) is 34.8 Å². The molecule has 2 amide bonds. The number of carbonyl (C=O) groups excluding carboxylic acids is 2. The number of anilines is 2. The number of carbonyl (C=O) groups is 2. The summed E-state index contributed by atoms with van der Waals surface area (Å²) in [5.41, 5.74) is 0.862. The van der Waals surface area contributed by atoms with Crippen molar-refractivity contribution < 1.29 is 9.59 Å². The van der Waals surface area contributed by atoms with E-state index in [1.807, 2.05) is 6.07 Å². The number of hydrogen-bond acceptors (Lipinski definition) is 4.